The Morgan fingerprint density at radius 2 is 1.96 bits per heavy atom. The third-order valence-corrected chi connectivity index (χ3v) is 5.02. The molecule has 2 amide bonds. The summed E-state index contributed by atoms with van der Waals surface area (Å²) in [6.07, 6.45) is 4.86. The molecule has 1 aromatic rings. The molecule has 4 nitrogen and oxygen atoms in total. The van der Waals surface area contributed by atoms with Crippen molar-refractivity contribution in [1.29, 1.82) is 0 Å². The van der Waals surface area contributed by atoms with Crippen molar-refractivity contribution in [1.82, 2.24) is 10.2 Å². The molecule has 1 aromatic carbocycles. The van der Waals surface area contributed by atoms with Gasteiger partial charge in [-0.25, -0.2) is 0 Å². The second kappa shape index (κ2) is 6.73. The molecule has 1 N–H and O–H groups in total. The molecule has 23 heavy (non-hydrogen) atoms. The van der Waals surface area contributed by atoms with Gasteiger partial charge in [0.15, 0.2) is 0 Å². The average Bonchev–Trinajstić information content (AvgIpc) is 3.04. The van der Waals surface area contributed by atoms with Gasteiger partial charge in [-0.1, -0.05) is 38.1 Å². The topological polar surface area (TPSA) is 49.4 Å². The summed E-state index contributed by atoms with van der Waals surface area (Å²) in [5.74, 6) is 0.0451. The van der Waals surface area contributed by atoms with Crippen LogP contribution in [-0.4, -0.2) is 29.3 Å². The van der Waals surface area contributed by atoms with Crippen LogP contribution in [0.1, 0.15) is 56.7 Å². The smallest absolute Gasteiger partial charge is 0.243 e. The first kappa shape index (κ1) is 16.0. The van der Waals surface area contributed by atoms with Gasteiger partial charge in [0.2, 0.25) is 11.8 Å². The number of nitrogens with zero attached hydrogens (tertiary/aromatic N) is 1. The minimum absolute atomic E-state index is 0.0122. The molecule has 0 radical (unpaired) electrons. The molecule has 4 heteroatoms. The predicted molar refractivity (Wildman–Crippen MR) is 89.8 cm³/mol. The van der Waals surface area contributed by atoms with Gasteiger partial charge in [0.05, 0.1) is 6.04 Å². The predicted octanol–water partition coefficient (Wildman–Crippen LogP) is 2.83. The lowest BCUT2D eigenvalue weighted by molar-refractivity contribution is -0.141. The summed E-state index contributed by atoms with van der Waals surface area (Å²) in [7, 11) is 0. The second-order valence-electron chi connectivity index (χ2n) is 7.00. The van der Waals surface area contributed by atoms with E-state index in [4.69, 9.17) is 0 Å². The third-order valence-electron chi connectivity index (χ3n) is 5.02. The fraction of sp³-hybridized carbons (Fsp3) is 0.579. The number of carbonyl (C=O) groups excluding carboxylic acids is 2. The summed E-state index contributed by atoms with van der Waals surface area (Å²) in [5.41, 5.74) is 2.58. The van der Waals surface area contributed by atoms with Crippen LogP contribution >= 0.6 is 0 Å². The van der Waals surface area contributed by atoms with E-state index in [1.165, 1.54) is 11.1 Å². The zero-order chi connectivity index (χ0) is 16.4. The Bertz CT molecular complexity index is 597. The van der Waals surface area contributed by atoms with E-state index in [1.807, 2.05) is 19.9 Å². The Hall–Kier alpha value is -1.84. The standard InChI is InChI=1S/C19H26N2O2/c1-13(2)19(23)21-12-6-11-17(21)18(22)20-16-10-5-8-14-7-3-4-9-15(14)16/h3-4,7,9,13,16-17H,5-6,8,10-12H2,1-2H3,(H,20,22). The van der Waals surface area contributed by atoms with E-state index >= 15 is 0 Å². The Morgan fingerprint density at radius 3 is 2.74 bits per heavy atom. The number of hydrogen-bond acceptors (Lipinski definition) is 2. The van der Waals surface area contributed by atoms with Gasteiger partial charge in [-0.2, -0.15) is 0 Å². The van der Waals surface area contributed by atoms with E-state index in [1.54, 1.807) is 4.90 Å². The van der Waals surface area contributed by atoms with Crippen molar-refractivity contribution >= 4 is 11.8 Å². The van der Waals surface area contributed by atoms with E-state index in [9.17, 15) is 9.59 Å². The third kappa shape index (κ3) is 3.26. The molecule has 0 saturated carbocycles. The molecule has 3 rings (SSSR count). The molecule has 1 saturated heterocycles. The molecule has 2 aliphatic rings. The summed E-state index contributed by atoms with van der Waals surface area (Å²) in [4.78, 5) is 26.8. The summed E-state index contributed by atoms with van der Waals surface area (Å²) in [6.45, 7) is 4.50. The Morgan fingerprint density at radius 1 is 1.17 bits per heavy atom. The highest BCUT2D eigenvalue weighted by atomic mass is 16.2. The number of fused-ring (bicyclic) bond motifs is 1. The van der Waals surface area contributed by atoms with E-state index in [0.717, 1.165) is 32.1 Å². The molecular formula is C19H26N2O2. The van der Waals surface area contributed by atoms with Gasteiger partial charge in [-0.15, -0.1) is 0 Å². The number of carbonyl (C=O) groups is 2. The van der Waals surface area contributed by atoms with Crippen molar-refractivity contribution < 1.29 is 9.59 Å². The summed E-state index contributed by atoms with van der Waals surface area (Å²) in [5, 5.41) is 3.21. The van der Waals surface area contributed by atoms with Crippen molar-refractivity contribution in [3.05, 3.63) is 35.4 Å². The Kier molecular flexibility index (Phi) is 4.69. The monoisotopic (exact) mass is 314 g/mol. The molecule has 0 bridgehead atoms. The summed E-state index contributed by atoms with van der Waals surface area (Å²) < 4.78 is 0. The number of amides is 2. The van der Waals surface area contributed by atoms with Crippen LogP contribution in [0.5, 0.6) is 0 Å². The number of likely N-dealkylation sites (tertiary alicyclic amines) is 1. The zero-order valence-corrected chi connectivity index (χ0v) is 14.0. The van der Waals surface area contributed by atoms with Crippen LogP contribution in [0.2, 0.25) is 0 Å². The number of hydrogen-bond donors (Lipinski definition) is 1. The number of nitrogens with one attached hydrogen (secondary N) is 1. The molecule has 2 unspecified atom stereocenters. The van der Waals surface area contributed by atoms with Crippen LogP contribution in [0.3, 0.4) is 0 Å². The van der Waals surface area contributed by atoms with Crippen LogP contribution in [-0.2, 0) is 16.0 Å². The van der Waals surface area contributed by atoms with Gasteiger partial charge in [-0.3, -0.25) is 9.59 Å². The SMILES string of the molecule is CC(C)C(=O)N1CCCC1C(=O)NC1CCCc2ccccc21. The quantitative estimate of drug-likeness (QED) is 0.932. The minimum atomic E-state index is -0.293. The molecule has 0 spiro atoms. The molecule has 0 aromatic heterocycles. The van der Waals surface area contributed by atoms with E-state index in [-0.39, 0.29) is 29.8 Å². The van der Waals surface area contributed by atoms with Crippen LogP contribution in [0.15, 0.2) is 24.3 Å². The van der Waals surface area contributed by atoms with Gasteiger partial charge < -0.3 is 10.2 Å². The van der Waals surface area contributed by atoms with E-state index in [0.29, 0.717) is 6.54 Å². The molecule has 1 aliphatic heterocycles. The molecule has 2 atom stereocenters. The zero-order valence-electron chi connectivity index (χ0n) is 14.0. The Balaban J connectivity index is 1.71. The van der Waals surface area contributed by atoms with Crippen molar-refractivity contribution in [2.45, 2.75) is 58.0 Å². The first-order valence-electron chi connectivity index (χ1n) is 8.76. The minimum Gasteiger partial charge on any atom is -0.347 e. The fourth-order valence-corrected chi connectivity index (χ4v) is 3.81. The highest BCUT2D eigenvalue weighted by molar-refractivity contribution is 5.89. The summed E-state index contributed by atoms with van der Waals surface area (Å²) >= 11 is 0. The fourth-order valence-electron chi connectivity index (χ4n) is 3.81. The van der Waals surface area contributed by atoms with Crippen LogP contribution in [0.25, 0.3) is 0 Å². The number of aryl methyl sites for hydroxylation is 1. The van der Waals surface area contributed by atoms with Crippen molar-refractivity contribution in [3.8, 4) is 0 Å². The van der Waals surface area contributed by atoms with Crippen molar-refractivity contribution in [3.63, 3.8) is 0 Å². The highest BCUT2D eigenvalue weighted by Crippen LogP contribution is 2.30. The van der Waals surface area contributed by atoms with Crippen molar-refractivity contribution in [2.24, 2.45) is 5.92 Å². The number of benzene rings is 1. The van der Waals surface area contributed by atoms with Gasteiger partial charge in [-0.05, 0) is 43.2 Å². The normalized spacial score (nSPS) is 23.7. The summed E-state index contributed by atoms with van der Waals surface area (Å²) in [6, 6.07) is 8.16. The molecule has 1 heterocycles. The Labute approximate surface area is 138 Å². The van der Waals surface area contributed by atoms with Gasteiger partial charge >= 0.3 is 0 Å². The van der Waals surface area contributed by atoms with Crippen LogP contribution < -0.4 is 5.32 Å². The second-order valence-corrected chi connectivity index (χ2v) is 7.00. The largest absolute Gasteiger partial charge is 0.347 e. The average molecular weight is 314 g/mol. The van der Waals surface area contributed by atoms with Gasteiger partial charge in [0.1, 0.15) is 6.04 Å². The maximum Gasteiger partial charge on any atom is 0.243 e. The van der Waals surface area contributed by atoms with E-state index in [2.05, 4.69) is 23.5 Å². The lowest BCUT2D eigenvalue weighted by atomic mass is 9.87. The molecule has 124 valence electrons. The lowest BCUT2D eigenvalue weighted by Gasteiger charge is -2.30. The molecule has 1 fully saturated rings. The first-order valence-corrected chi connectivity index (χ1v) is 8.76. The van der Waals surface area contributed by atoms with Crippen LogP contribution in [0, 0.1) is 5.92 Å². The van der Waals surface area contributed by atoms with Crippen LogP contribution in [0.4, 0.5) is 0 Å². The van der Waals surface area contributed by atoms with Gasteiger partial charge in [0.25, 0.3) is 0 Å². The maximum atomic E-state index is 12.8. The lowest BCUT2D eigenvalue weighted by Crippen LogP contribution is -2.48. The highest BCUT2D eigenvalue weighted by Gasteiger charge is 2.36. The van der Waals surface area contributed by atoms with Crippen molar-refractivity contribution in [2.75, 3.05) is 6.54 Å². The van der Waals surface area contributed by atoms with Gasteiger partial charge in [0, 0.05) is 12.5 Å². The molecule has 1 aliphatic carbocycles. The number of rotatable bonds is 3. The maximum absolute atomic E-state index is 12.8. The van der Waals surface area contributed by atoms with E-state index < -0.39 is 0 Å². The first-order chi connectivity index (χ1) is 11.1. The molecular weight excluding hydrogens is 288 g/mol.